The van der Waals surface area contributed by atoms with Gasteiger partial charge in [0.15, 0.2) is 11.8 Å². The molecule has 0 spiro atoms. The molecule has 0 atom stereocenters. The first-order valence-corrected chi connectivity index (χ1v) is 8.03. The largest absolute Gasteiger partial charge is 0.416 e. The van der Waals surface area contributed by atoms with Crippen LogP contribution in [0.25, 0.3) is 0 Å². The predicted octanol–water partition coefficient (Wildman–Crippen LogP) is 3.87. The van der Waals surface area contributed by atoms with Gasteiger partial charge < -0.3 is 15.2 Å². The molecule has 0 radical (unpaired) electrons. The van der Waals surface area contributed by atoms with Crippen molar-refractivity contribution in [2.45, 2.75) is 45.5 Å². The van der Waals surface area contributed by atoms with Crippen molar-refractivity contribution in [2.75, 3.05) is 7.05 Å². The quantitative estimate of drug-likeness (QED) is 0.381. The first kappa shape index (κ1) is 23.2. The van der Waals surface area contributed by atoms with Crippen LogP contribution in [0, 0.1) is 0 Å². The Balaban J connectivity index is 0.00000364. The molecule has 1 aromatic heterocycles. The molecule has 0 bridgehead atoms. The predicted molar refractivity (Wildman–Crippen MR) is 107 cm³/mol. The molecule has 0 aliphatic heterocycles. The van der Waals surface area contributed by atoms with Gasteiger partial charge in [-0.15, -0.1) is 24.0 Å². The number of guanidine groups is 1. The minimum absolute atomic E-state index is 0. The molecule has 10 heteroatoms. The number of halogens is 4. The summed E-state index contributed by atoms with van der Waals surface area (Å²) in [6.07, 6.45) is -4.36. The van der Waals surface area contributed by atoms with Crippen molar-refractivity contribution >= 4 is 29.9 Å². The molecule has 0 amide bonds. The third-order valence-electron chi connectivity index (χ3n) is 3.46. The first-order valence-electron chi connectivity index (χ1n) is 8.03. The van der Waals surface area contributed by atoms with Crippen LogP contribution in [-0.2, 0) is 24.7 Å². The minimum atomic E-state index is -4.36. The molecule has 0 unspecified atom stereocenters. The maximum Gasteiger partial charge on any atom is 0.416 e. The molecule has 2 aromatic rings. The topological polar surface area (TPSA) is 75.3 Å². The molecule has 0 aliphatic rings. The fourth-order valence-corrected chi connectivity index (χ4v) is 2.06. The highest BCUT2D eigenvalue weighted by molar-refractivity contribution is 14.0. The van der Waals surface area contributed by atoms with Crippen LogP contribution in [0.15, 0.2) is 33.8 Å². The summed E-state index contributed by atoms with van der Waals surface area (Å²) in [5.74, 6) is 1.42. The van der Waals surface area contributed by atoms with E-state index >= 15 is 0 Å². The van der Waals surface area contributed by atoms with Crippen LogP contribution < -0.4 is 10.6 Å². The van der Waals surface area contributed by atoms with Crippen LogP contribution in [0.2, 0.25) is 0 Å². The third kappa shape index (κ3) is 7.00. The van der Waals surface area contributed by atoms with Gasteiger partial charge in [-0.25, -0.2) is 0 Å². The van der Waals surface area contributed by atoms with Crippen LogP contribution in [-0.4, -0.2) is 23.1 Å². The first-order chi connectivity index (χ1) is 12.1. The molecule has 0 saturated heterocycles. The van der Waals surface area contributed by atoms with Gasteiger partial charge in [0.05, 0.1) is 12.1 Å². The smallest absolute Gasteiger partial charge is 0.352 e. The molecular formula is C17H23F3IN5O. The van der Waals surface area contributed by atoms with Gasteiger partial charge in [0.2, 0.25) is 5.89 Å². The van der Waals surface area contributed by atoms with Crippen molar-refractivity contribution in [3.63, 3.8) is 0 Å². The summed E-state index contributed by atoms with van der Waals surface area (Å²) in [5.41, 5.74) is -0.423. The van der Waals surface area contributed by atoms with Gasteiger partial charge in [0.1, 0.15) is 0 Å². The fraction of sp³-hybridized carbons (Fsp3) is 0.471. The lowest BCUT2D eigenvalue weighted by Gasteiger charge is -2.12. The second kappa shape index (κ2) is 9.38. The van der Waals surface area contributed by atoms with Gasteiger partial charge in [-0.3, -0.25) is 4.99 Å². The van der Waals surface area contributed by atoms with Crippen molar-refractivity contribution < 1.29 is 17.7 Å². The van der Waals surface area contributed by atoms with Gasteiger partial charge in [-0.2, -0.15) is 18.2 Å². The molecule has 0 fully saturated rings. The highest BCUT2D eigenvalue weighted by Crippen LogP contribution is 2.29. The van der Waals surface area contributed by atoms with E-state index in [1.165, 1.54) is 6.07 Å². The van der Waals surface area contributed by atoms with E-state index < -0.39 is 11.7 Å². The second-order valence-electron chi connectivity index (χ2n) is 6.74. The Kier molecular flexibility index (Phi) is 8.05. The summed E-state index contributed by atoms with van der Waals surface area (Å²) < 4.78 is 43.4. The van der Waals surface area contributed by atoms with Gasteiger partial charge in [-0.1, -0.05) is 38.1 Å². The number of rotatable bonds is 4. The van der Waals surface area contributed by atoms with Crippen molar-refractivity contribution in [2.24, 2.45) is 4.99 Å². The van der Waals surface area contributed by atoms with E-state index in [9.17, 15) is 13.2 Å². The zero-order valence-corrected chi connectivity index (χ0v) is 17.8. The number of nitrogens with zero attached hydrogens (tertiary/aromatic N) is 3. The SMILES string of the molecule is CN=C(NCc1cccc(C(F)(F)F)c1)NCc1noc(C(C)(C)C)n1.I. The van der Waals surface area contributed by atoms with Crippen LogP contribution in [0.4, 0.5) is 13.2 Å². The maximum atomic E-state index is 12.7. The summed E-state index contributed by atoms with van der Waals surface area (Å²) in [7, 11) is 1.57. The van der Waals surface area contributed by atoms with E-state index in [0.29, 0.717) is 23.2 Å². The Morgan fingerprint density at radius 2 is 1.81 bits per heavy atom. The number of alkyl halides is 3. The second-order valence-corrected chi connectivity index (χ2v) is 6.74. The highest BCUT2D eigenvalue weighted by atomic mass is 127. The van der Waals surface area contributed by atoms with E-state index in [4.69, 9.17) is 4.52 Å². The molecule has 6 nitrogen and oxygen atoms in total. The molecule has 0 saturated carbocycles. The van der Waals surface area contributed by atoms with Gasteiger partial charge in [0, 0.05) is 19.0 Å². The number of aromatic nitrogens is 2. The average molecular weight is 497 g/mol. The number of benzene rings is 1. The summed E-state index contributed by atoms with van der Waals surface area (Å²) >= 11 is 0. The Hall–Kier alpha value is -1.85. The fourth-order valence-electron chi connectivity index (χ4n) is 2.06. The maximum absolute atomic E-state index is 12.7. The zero-order chi connectivity index (χ0) is 19.4. The van der Waals surface area contributed by atoms with Crippen LogP contribution in [0.5, 0.6) is 0 Å². The highest BCUT2D eigenvalue weighted by Gasteiger charge is 2.30. The molecule has 1 aromatic carbocycles. The number of nitrogens with one attached hydrogen (secondary N) is 2. The van der Waals surface area contributed by atoms with E-state index in [1.807, 2.05) is 20.8 Å². The number of hydrogen-bond donors (Lipinski definition) is 2. The lowest BCUT2D eigenvalue weighted by atomic mass is 9.97. The zero-order valence-electron chi connectivity index (χ0n) is 15.5. The molecular weight excluding hydrogens is 474 g/mol. The molecule has 2 rings (SSSR count). The summed E-state index contributed by atoms with van der Waals surface area (Å²) in [6, 6.07) is 5.14. The minimum Gasteiger partial charge on any atom is -0.352 e. The molecule has 2 N–H and O–H groups in total. The number of aliphatic imine (C=N–C) groups is 1. The van der Waals surface area contributed by atoms with E-state index in [0.717, 1.165) is 12.1 Å². The standard InChI is InChI=1S/C17H22F3N5O.HI/c1-16(2,3)14-24-13(25-26-14)10-23-15(21-4)22-9-11-6-5-7-12(8-11)17(18,19)20;/h5-8H,9-10H2,1-4H3,(H2,21,22,23);1H. The van der Waals surface area contributed by atoms with Crippen molar-refractivity contribution in [1.82, 2.24) is 20.8 Å². The lowest BCUT2D eigenvalue weighted by Crippen LogP contribution is -2.36. The average Bonchev–Trinajstić information content (AvgIpc) is 3.04. The third-order valence-corrected chi connectivity index (χ3v) is 3.46. The van der Waals surface area contributed by atoms with Gasteiger partial charge in [-0.05, 0) is 17.7 Å². The van der Waals surface area contributed by atoms with Crippen LogP contribution >= 0.6 is 24.0 Å². The van der Waals surface area contributed by atoms with Crippen molar-refractivity contribution in [1.29, 1.82) is 0 Å². The van der Waals surface area contributed by atoms with E-state index in [1.54, 1.807) is 13.1 Å². The van der Waals surface area contributed by atoms with Crippen LogP contribution in [0.3, 0.4) is 0 Å². The van der Waals surface area contributed by atoms with Gasteiger partial charge in [0.25, 0.3) is 0 Å². The van der Waals surface area contributed by atoms with Gasteiger partial charge >= 0.3 is 6.18 Å². The molecule has 27 heavy (non-hydrogen) atoms. The van der Waals surface area contributed by atoms with Crippen molar-refractivity contribution in [3.8, 4) is 0 Å². The Morgan fingerprint density at radius 3 is 2.37 bits per heavy atom. The molecule has 150 valence electrons. The van der Waals surface area contributed by atoms with Crippen molar-refractivity contribution in [3.05, 3.63) is 47.1 Å². The number of hydrogen-bond acceptors (Lipinski definition) is 4. The molecule has 1 heterocycles. The van der Waals surface area contributed by atoms with E-state index in [-0.39, 0.29) is 42.5 Å². The normalized spacial score (nSPS) is 12.5. The Labute approximate surface area is 173 Å². The Morgan fingerprint density at radius 1 is 1.15 bits per heavy atom. The van der Waals surface area contributed by atoms with E-state index in [2.05, 4.69) is 25.8 Å². The summed E-state index contributed by atoms with van der Waals surface area (Å²) in [6.45, 7) is 6.37. The lowest BCUT2D eigenvalue weighted by molar-refractivity contribution is -0.137. The summed E-state index contributed by atoms with van der Waals surface area (Å²) in [4.78, 5) is 8.33. The monoisotopic (exact) mass is 497 g/mol. The summed E-state index contributed by atoms with van der Waals surface area (Å²) in [5, 5.41) is 9.84. The molecule has 0 aliphatic carbocycles. The van der Waals surface area contributed by atoms with Crippen LogP contribution in [0.1, 0.15) is 43.6 Å². The Bertz CT molecular complexity index is 768.